The Bertz CT molecular complexity index is 467. The molecule has 96 valence electrons. The Hall–Kier alpha value is -1.63. The third-order valence-corrected chi connectivity index (χ3v) is 3.96. The van der Waals surface area contributed by atoms with E-state index in [1.54, 1.807) is 0 Å². The molecule has 1 saturated heterocycles. The summed E-state index contributed by atoms with van der Waals surface area (Å²) < 4.78 is 0. The molecule has 0 spiro atoms. The molecule has 1 aliphatic rings. The summed E-state index contributed by atoms with van der Waals surface area (Å²) in [6.07, 6.45) is 4.12. The summed E-state index contributed by atoms with van der Waals surface area (Å²) in [5.74, 6) is -0.0579. The zero-order valence-corrected chi connectivity index (χ0v) is 10.5. The number of nitrogens with zero attached hydrogens (tertiary/aromatic N) is 2. The van der Waals surface area contributed by atoms with E-state index >= 15 is 0 Å². The first-order valence-electron chi connectivity index (χ1n) is 5.72. The maximum Gasteiger partial charge on any atom is 0.301 e. The van der Waals surface area contributed by atoms with Crippen molar-refractivity contribution < 1.29 is 9.72 Å². The first-order chi connectivity index (χ1) is 8.68. The lowest BCUT2D eigenvalue weighted by Crippen LogP contribution is -2.30. The molecule has 7 heteroatoms. The van der Waals surface area contributed by atoms with Crippen molar-refractivity contribution in [3.8, 4) is 0 Å². The molecule has 0 saturated carbocycles. The van der Waals surface area contributed by atoms with Gasteiger partial charge in [-0.1, -0.05) is 18.2 Å². The van der Waals surface area contributed by atoms with E-state index < -0.39 is 4.92 Å². The molecule has 0 aromatic carbocycles. The van der Waals surface area contributed by atoms with Crippen molar-refractivity contribution in [2.75, 3.05) is 6.54 Å². The summed E-state index contributed by atoms with van der Waals surface area (Å²) in [5, 5.41) is 13.7. The number of rotatable bonds is 3. The molecule has 2 heterocycles. The van der Waals surface area contributed by atoms with Gasteiger partial charge in [-0.05, 0) is 18.9 Å². The lowest BCUT2D eigenvalue weighted by atomic mass is 10.2. The molecule has 1 N–H and O–H groups in total. The Morgan fingerprint density at radius 3 is 3.11 bits per heavy atom. The van der Waals surface area contributed by atoms with Gasteiger partial charge in [-0.3, -0.25) is 14.9 Å². The van der Waals surface area contributed by atoms with Crippen molar-refractivity contribution in [2.45, 2.75) is 29.5 Å². The van der Waals surface area contributed by atoms with E-state index in [1.165, 1.54) is 30.1 Å². The Morgan fingerprint density at radius 1 is 1.50 bits per heavy atom. The summed E-state index contributed by atoms with van der Waals surface area (Å²) in [6, 6.07) is 2.93. The summed E-state index contributed by atoms with van der Waals surface area (Å²) in [5.41, 5.74) is -0.0421. The highest BCUT2D eigenvalue weighted by Gasteiger charge is 2.25. The van der Waals surface area contributed by atoms with Crippen LogP contribution < -0.4 is 5.32 Å². The maximum atomic E-state index is 11.8. The lowest BCUT2D eigenvalue weighted by Gasteiger charge is -2.11. The second kappa shape index (κ2) is 5.81. The fraction of sp³-hybridized carbons (Fsp3) is 0.455. The van der Waals surface area contributed by atoms with Crippen molar-refractivity contribution in [3.05, 3.63) is 28.4 Å². The molecule has 1 atom stereocenters. The standard InChI is InChI=1S/C11H13N3O3S/c15-10-9(5-1-2-6-12-10)18-11-8(14(16)17)4-3-7-13-11/h3-4,7,9H,1-2,5-6H2,(H,12,15)/t9-/m1/s1. The van der Waals surface area contributed by atoms with Gasteiger partial charge in [0, 0.05) is 18.8 Å². The smallest absolute Gasteiger partial charge is 0.301 e. The van der Waals surface area contributed by atoms with Gasteiger partial charge in [-0.15, -0.1) is 0 Å². The number of pyridine rings is 1. The number of hydrogen-bond donors (Lipinski definition) is 1. The molecule has 18 heavy (non-hydrogen) atoms. The van der Waals surface area contributed by atoms with E-state index in [9.17, 15) is 14.9 Å². The van der Waals surface area contributed by atoms with Crippen LogP contribution in [-0.4, -0.2) is 27.6 Å². The van der Waals surface area contributed by atoms with E-state index in [-0.39, 0.29) is 16.8 Å². The molecule has 0 bridgehead atoms. The Morgan fingerprint density at radius 2 is 2.33 bits per heavy atom. The first-order valence-corrected chi connectivity index (χ1v) is 6.60. The molecule has 1 aromatic rings. The molecular weight excluding hydrogens is 254 g/mol. The van der Waals surface area contributed by atoms with Crippen molar-refractivity contribution in [2.24, 2.45) is 0 Å². The normalized spacial score (nSPS) is 20.0. The molecule has 6 nitrogen and oxygen atoms in total. The molecular formula is C11H13N3O3S. The SMILES string of the molecule is O=C1NCCCC[C@H]1Sc1ncccc1[N+](=O)[O-]. The molecule has 0 aliphatic carbocycles. The second-order valence-corrected chi connectivity index (χ2v) is 5.17. The van der Waals surface area contributed by atoms with Gasteiger partial charge in [-0.2, -0.15) is 0 Å². The fourth-order valence-electron chi connectivity index (χ4n) is 1.77. The third-order valence-electron chi connectivity index (χ3n) is 2.69. The van der Waals surface area contributed by atoms with Crippen LogP contribution in [0, 0.1) is 10.1 Å². The van der Waals surface area contributed by atoms with Crippen LogP contribution in [0.4, 0.5) is 5.69 Å². The minimum Gasteiger partial charge on any atom is -0.355 e. The van der Waals surface area contributed by atoms with Crippen LogP contribution in [0.2, 0.25) is 0 Å². The van der Waals surface area contributed by atoms with Crippen molar-refractivity contribution in [1.82, 2.24) is 10.3 Å². The fourth-order valence-corrected chi connectivity index (χ4v) is 2.90. The maximum absolute atomic E-state index is 11.8. The number of amides is 1. The number of nitrogens with one attached hydrogen (secondary N) is 1. The highest BCUT2D eigenvalue weighted by molar-refractivity contribution is 8.00. The van der Waals surface area contributed by atoms with Gasteiger partial charge in [0.15, 0.2) is 5.03 Å². The number of carbonyl (C=O) groups excluding carboxylic acids is 1. The summed E-state index contributed by atoms with van der Waals surface area (Å²) in [6.45, 7) is 0.681. The highest BCUT2D eigenvalue weighted by Crippen LogP contribution is 2.32. The van der Waals surface area contributed by atoms with Gasteiger partial charge in [0.1, 0.15) is 0 Å². The number of thioether (sulfide) groups is 1. The van der Waals surface area contributed by atoms with Crippen molar-refractivity contribution >= 4 is 23.4 Å². The summed E-state index contributed by atoms with van der Waals surface area (Å²) in [4.78, 5) is 26.2. The zero-order chi connectivity index (χ0) is 13.0. The van der Waals surface area contributed by atoms with Crippen LogP contribution in [0.15, 0.2) is 23.4 Å². The van der Waals surface area contributed by atoms with Crippen molar-refractivity contribution in [1.29, 1.82) is 0 Å². The van der Waals surface area contributed by atoms with Crippen LogP contribution in [0.1, 0.15) is 19.3 Å². The number of carbonyl (C=O) groups is 1. The molecule has 1 aliphatic heterocycles. The first kappa shape index (κ1) is 12.8. The monoisotopic (exact) mass is 267 g/mol. The molecule has 1 aromatic heterocycles. The van der Waals surface area contributed by atoms with E-state index in [1.807, 2.05) is 0 Å². The third kappa shape index (κ3) is 2.98. The quantitative estimate of drug-likeness (QED) is 0.666. The van der Waals surface area contributed by atoms with Gasteiger partial charge in [0.25, 0.3) is 0 Å². The second-order valence-electron chi connectivity index (χ2n) is 3.98. The minimum atomic E-state index is -0.468. The molecule has 1 amide bonds. The van der Waals surface area contributed by atoms with Crippen LogP contribution in [0.5, 0.6) is 0 Å². The molecule has 0 radical (unpaired) electrons. The average molecular weight is 267 g/mol. The minimum absolute atomic E-state index is 0.0421. The molecule has 1 fully saturated rings. The lowest BCUT2D eigenvalue weighted by molar-refractivity contribution is -0.388. The van der Waals surface area contributed by atoms with Crippen molar-refractivity contribution in [3.63, 3.8) is 0 Å². The van der Waals surface area contributed by atoms with Crippen LogP contribution in [0.3, 0.4) is 0 Å². The largest absolute Gasteiger partial charge is 0.355 e. The number of aromatic nitrogens is 1. The van der Waals surface area contributed by atoms with Crippen LogP contribution in [-0.2, 0) is 4.79 Å². The molecule has 0 unspecified atom stereocenters. The summed E-state index contributed by atoms with van der Waals surface area (Å²) in [7, 11) is 0. The van der Waals surface area contributed by atoms with Crippen LogP contribution in [0.25, 0.3) is 0 Å². The van der Waals surface area contributed by atoms with Gasteiger partial charge >= 0.3 is 5.69 Å². The van der Waals surface area contributed by atoms with Crippen LogP contribution >= 0.6 is 11.8 Å². The van der Waals surface area contributed by atoms with Gasteiger partial charge in [-0.25, -0.2) is 4.98 Å². The topological polar surface area (TPSA) is 85.1 Å². The zero-order valence-electron chi connectivity index (χ0n) is 9.67. The Labute approximate surface area is 108 Å². The average Bonchev–Trinajstić information content (AvgIpc) is 2.55. The van der Waals surface area contributed by atoms with E-state index in [2.05, 4.69) is 10.3 Å². The van der Waals surface area contributed by atoms with Gasteiger partial charge in [0.2, 0.25) is 5.91 Å². The van der Waals surface area contributed by atoms with E-state index in [4.69, 9.17) is 0 Å². The van der Waals surface area contributed by atoms with Gasteiger partial charge < -0.3 is 5.32 Å². The van der Waals surface area contributed by atoms with E-state index in [0.717, 1.165) is 19.3 Å². The predicted molar refractivity (Wildman–Crippen MR) is 67.4 cm³/mol. The van der Waals surface area contributed by atoms with E-state index in [0.29, 0.717) is 11.6 Å². The Balaban J connectivity index is 2.17. The number of nitro groups is 1. The molecule has 2 rings (SSSR count). The highest BCUT2D eigenvalue weighted by atomic mass is 32.2. The van der Waals surface area contributed by atoms with Gasteiger partial charge in [0.05, 0.1) is 10.2 Å². The summed E-state index contributed by atoms with van der Waals surface area (Å²) >= 11 is 1.18. The number of hydrogen-bond acceptors (Lipinski definition) is 5. The Kier molecular flexibility index (Phi) is 4.14. The predicted octanol–water partition coefficient (Wildman–Crippen LogP) is 1.75.